The second-order valence-corrected chi connectivity index (χ2v) is 6.81. The molecule has 2 heterocycles. The lowest BCUT2D eigenvalue weighted by Gasteiger charge is -2.10. The Morgan fingerprint density at radius 3 is 2.48 bits per heavy atom. The Bertz CT molecular complexity index is 1110. The van der Waals surface area contributed by atoms with E-state index < -0.39 is 0 Å². The molecule has 4 aromatic rings. The molecule has 0 bridgehead atoms. The van der Waals surface area contributed by atoms with Gasteiger partial charge in [0.05, 0.1) is 5.69 Å². The molecule has 0 N–H and O–H groups in total. The van der Waals surface area contributed by atoms with E-state index in [0.717, 1.165) is 39.8 Å². The van der Waals surface area contributed by atoms with Crippen LogP contribution in [0.25, 0.3) is 16.6 Å². The summed E-state index contributed by atoms with van der Waals surface area (Å²) in [5.41, 5.74) is 7.08. The minimum absolute atomic E-state index is 0.536. The molecule has 2 aromatic heterocycles. The van der Waals surface area contributed by atoms with Gasteiger partial charge in [-0.25, -0.2) is 0 Å². The molecular formula is C24H21NO2. The van der Waals surface area contributed by atoms with Gasteiger partial charge in [0.1, 0.15) is 12.4 Å². The fourth-order valence-electron chi connectivity index (χ4n) is 3.42. The minimum Gasteiger partial charge on any atom is -0.489 e. The average molecular weight is 355 g/mol. The second kappa shape index (κ2) is 7.12. The standard InChI is InChI=1S/C24H21NO2/c1-17-10-11-25-20(12-17)14-23(24(25)15-26)22-9-8-21(13-18(22)2)27-16-19-6-4-3-5-7-19/h3-15H,16H2,1-2H3. The third-order valence-electron chi connectivity index (χ3n) is 4.82. The maximum Gasteiger partial charge on any atom is 0.167 e. The first kappa shape index (κ1) is 17.1. The van der Waals surface area contributed by atoms with E-state index in [0.29, 0.717) is 12.3 Å². The first-order valence-corrected chi connectivity index (χ1v) is 9.00. The van der Waals surface area contributed by atoms with Crippen molar-refractivity contribution in [1.29, 1.82) is 0 Å². The van der Waals surface area contributed by atoms with Gasteiger partial charge < -0.3 is 9.14 Å². The highest BCUT2D eigenvalue weighted by Crippen LogP contribution is 2.32. The molecule has 0 saturated carbocycles. The number of benzene rings is 2. The summed E-state index contributed by atoms with van der Waals surface area (Å²) < 4.78 is 7.86. The molecular weight excluding hydrogens is 334 g/mol. The van der Waals surface area contributed by atoms with E-state index in [2.05, 4.69) is 19.1 Å². The summed E-state index contributed by atoms with van der Waals surface area (Å²) in [6, 6.07) is 22.3. The van der Waals surface area contributed by atoms with E-state index in [-0.39, 0.29) is 0 Å². The Balaban J connectivity index is 1.66. The number of rotatable bonds is 5. The maximum absolute atomic E-state index is 11.8. The minimum atomic E-state index is 0.536. The predicted molar refractivity (Wildman–Crippen MR) is 108 cm³/mol. The van der Waals surface area contributed by atoms with E-state index in [1.165, 1.54) is 5.56 Å². The van der Waals surface area contributed by atoms with Crippen molar-refractivity contribution in [2.75, 3.05) is 0 Å². The molecule has 4 rings (SSSR count). The van der Waals surface area contributed by atoms with Crippen molar-refractivity contribution >= 4 is 11.8 Å². The van der Waals surface area contributed by atoms with Crippen LogP contribution in [-0.4, -0.2) is 10.7 Å². The first-order chi connectivity index (χ1) is 13.2. The van der Waals surface area contributed by atoms with Crippen LogP contribution in [0.3, 0.4) is 0 Å². The van der Waals surface area contributed by atoms with E-state index in [4.69, 9.17) is 4.74 Å². The van der Waals surface area contributed by atoms with Crippen LogP contribution in [0.4, 0.5) is 0 Å². The van der Waals surface area contributed by atoms with Gasteiger partial charge in [-0.3, -0.25) is 4.79 Å². The van der Waals surface area contributed by atoms with Crippen LogP contribution >= 0.6 is 0 Å². The first-order valence-electron chi connectivity index (χ1n) is 9.00. The number of ether oxygens (including phenoxy) is 1. The zero-order chi connectivity index (χ0) is 18.8. The Labute approximate surface area is 158 Å². The number of aldehydes is 1. The van der Waals surface area contributed by atoms with Crippen molar-refractivity contribution < 1.29 is 9.53 Å². The van der Waals surface area contributed by atoms with Gasteiger partial charge in [-0.05, 0) is 66.4 Å². The summed E-state index contributed by atoms with van der Waals surface area (Å²) in [6.45, 7) is 4.64. The number of pyridine rings is 1. The molecule has 3 nitrogen and oxygen atoms in total. The molecule has 2 aromatic carbocycles. The number of carbonyl (C=O) groups is 1. The normalized spacial score (nSPS) is 10.9. The third-order valence-corrected chi connectivity index (χ3v) is 4.82. The summed E-state index contributed by atoms with van der Waals surface area (Å²) >= 11 is 0. The smallest absolute Gasteiger partial charge is 0.167 e. The monoisotopic (exact) mass is 355 g/mol. The number of carbonyl (C=O) groups excluding carboxylic acids is 1. The molecule has 0 fully saturated rings. The van der Waals surface area contributed by atoms with Crippen LogP contribution < -0.4 is 4.74 Å². The molecule has 0 aliphatic rings. The highest BCUT2D eigenvalue weighted by atomic mass is 16.5. The van der Waals surface area contributed by atoms with Crippen molar-refractivity contribution in [3.8, 4) is 16.9 Å². The molecule has 0 aliphatic carbocycles. The van der Waals surface area contributed by atoms with E-state index >= 15 is 0 Å². The van der Waals surface area contributed by atoms with Gasteiger partial charge in [0, 0.05) is 17.3 Å². The SMILES string of the molecule is Cc1ccn2c(C=O)c(-c3ccc(OCc4ccccc4)cc3C)cc2c1. The molecule has 0 saturated heterocycles. The van der Waals surface area contributed by atoms with Crippen LogP contribution in [0.2, 0.25) is 0 Å². The Morgan fingerprint density at radius 1 is 0.926 bits per heavy atom. The zero-order valence-electron chi connectivity index (χ0n) is 15.5. The van der Waals surface area contributed by atoms with Crippen LogP contribution in [0.5, 0.6) is 5.75 Å². The van der Waals surface area contributed by atoms with Crippen LogP contribution in [0, 0.1) is 13.8 Å². The van der Waals surface area contributed by atoms with Crippen molar-refractivity contribution in [2.45, 2.75) is 20.5 Å². The lowest BCUT2D eigenvalue weighted by molar-refractivity contribution is 0.111. The largest absolute Gasteiger partial charge is 0.489 e. The highest BCUT2D eigenvalue weighted by molar-refractivity contribution is 5.90. The number of hydrogen-bond donors (Lipinski definition) is 0. The zero-order valence-corrected chi connectivity index (χ0v) is 15.5. The van der Waals surface area contributed by atoms with Crippen molar-refractivity contribution in [1.82, 2.24) is 4.40 Å². The summed E-state index contributed by atoms with van der Waals surface area (Å²) in [5.74, 6) is 0.826. The van der Waals surface area contributed by atoms with Crippen molar-refractivity contribution in [2.24, 2.45) is 0 Å². The van der Waals surface area contributed by atoms with Gasteiger partial charge in [0.15, 0.2) is 6.29 Å². The fraction of sp³-hybridized carbons (Fsp3) is 0.125. The lowest BCUT2D eigenvalue weighted by Crippen LogP contribution is -1.96. The summed E-state index contributed by atoms with van der Waals surface area (Å²) in [4.78, 5) is 11.8. The van der Waals surface area contributed by atoms with Crippen LogP contribution in [0.1, 0.15) is 27.2 Å². The number of aromatic nitrogens is 1. The lowest BCUT2D eigenvalue weighted by atomic mass is 10.0. The average Bonchev–Trinajstić information content (AvgIpc) is 3.04. The molecule has 0 spiro atoms. The van der Waals surface area contributed by atoms with Crippen molar-refractivity contribution in [3.05, 3.63) is 95.3 Å². The van der Waals surface area contributed by atoms with Gasteiger partial charge in [-0.2, -0.15) is 0 Å². The molecule has 27 heavy (non-hydrogen) atoms. The third kappa shape index (κ3) is 3.36. The van der Waals surface area contributed by atoms with Crippen molar-refractivity contribution in [3.63, 3.8) is 0 Å². The maximum atomic E-state index is 11.8. The molecule has 0 amide bonds. The van der Waals surface area contributed by atoms with Gasteiger partial charge in [-0.1, -0.05) is 36.4 Å². The number of aryl methyl sites for hydroxylation is 2. The summed E-state index contributed by atoms with van der Waals surface area (Å²) in [6.07, 6.45) is 2.88. The summed E-state index contributed by atoms with van der Waals surface area (Å²) in [5, 5.41) is 0. The van der Waals surface area contributed by atoms with E-state index in [1.807, 2.05) is 72.1 Å². The Morgan fingerprint density at radius 2 is 1.74 bits per heavy atom. The summed E-state index contributed by atoms with van der Waals surface area (Å²) in [7, 11) is 0. The number of hydrogen-bond acceptors (Lipinski definition) is 2. The van der Waals surface area contributed by atoms with Crippen LogP contribution in [-0.2, 0) is 6.61 Å². The second-order valence-electron chi connectivity index (χ2n) is 6.81. The highest BCUT2D eigenvalue weighted by Gasteiger charge is 2.14. The molecule has 0 radical (unpaired) electrons. The van der Waals surface area contributed by atoms with Crippen LogP contribution in [0.15, 0.2) is 72.9 Å². The van der Waals surface area contributed by atoms with Gasteiger partial charge in [-0.15, -0.1) is 0 Å². The molecule has 0 atom stereocenters. The Kier molecular flexibility index (Phi) is 4.51. The quantitative estimate of drug-likeness (QED) is 0.435. The van der Waals surface area contributed by atoms with Gasteiger partial charge >= 0.3 is 0 Å². The molecule has 0 aliphatic heterocycles. The van der Waals surface area contributed by atoms with E-state index in [9.17, 15) is 4.79 Å². The topological polar surface area (TPSA) is 30.7 Å². The molecule has 134 valence electrons. The van der Waals surface area contributed by atoms with Gasteiger partial charge in [0.2, 0.25) is 0 Å². The molecule has 3 heteroatoms. The van der Waals surface area contributed by atoms with E-state index in [1.54, 1.807) is 0 Å². The predicted octanol–water partition coefficient (Wildman–Crippen LogP) is 5.61. The number of nitrogens with zero attached hydrogens (tertiary/aromatic N) is 1. The number of fused-ring (bicyclic) bond motifs is 1. The Hall–Kier alpha value is -3.33. The molecule has 0 unspecified atom stereocenters. The fourth-order valence-corrected chi connectivity index (χ4v) is 3.42. The van der Waals surface area contributed by atoms with Gasteiger partial charge in [0.25, 0.3) is 0 Å².